The van der Waals surface area contributed by atoms with E-state index in [1.54, 1.807) is 24.4 Å². The summed E-state index contributed by atoms with van der Waals surface area (Å²) in [5, 5.41) is 3.84. The minimum absolute atomic E-state index is 0.00308. The minimum Gasteiger partial charge on any atom is -0.490 e. The maximum absolute atomic E-state index is 15.5. The molecule has 1 spiro atoms. The smallest absolute Gasteiger partial charge is 0.202 e. The van der Waals surface area contributed by atoms with Gasteiger partial charge in [-0.25, -0.2) is 4.39 Å². The topological polar surface area (TPSA) is 95.6 Å². The van der Waals surface area contributed by atoms with E-state index in [1.807, 2.05) is 4.57 Å². The fourth-order valence-corrected chi connectivity index (χ4v) is 5.56. The van der Waals surface area contributed by atoms with Crippen molar-refractivity contribution in [3.63, 3.8) is 0 Å². The lowest BCUT2D eigenvalue weighted by Gasteiger charge is -2.39. The highest BCUT2D eigenvalue weighted by Gasteiger charge is 2.42. The van der Waals surface area contributed by atoms with Gasteiger partial charge >= 0.3 is 0 Å². The van der Waals surface area contributed by atoms with Crippen LogP contribution >= 0.6 is 23.2 Å². The molecule has 7 nitrogen and oxygen atoms in total. The molecule has 5 rings (SSSR count). The van der Waals surface area contributed by atoms with Crippen molar-refractivity contribution in [2.75, 3.05) is 30.8 Å². The van der Waals surface area contributed by atoms with Crippen molar-refractivity contribution >= 4 is 51.3 Å². The van der Waals surface area contributed by atoms with Gasteiger partial charge in [-0.1, -0.05) is 36.0 Å². The average molecular weight is 520 g/mol. The number of rotatable bonds is 6. The third-order valence-electron chi connectivity index (χ3n) is 6.84. The van der Waals surface area contributed by atoms with Crippen LogP contribution in [-0.4, -0.2) is 30.1 Å². The Hall–Kier alpha value is -2.97. The van der Waals surface area contributed by atoms with E-state index in [1.165, 1.54) is 6.92 Å². The number of Topliss-reactive ketones (excluding diaryl/α,β-unsaturated/α-hetero) is 1. The Labute approximate surface area is 210 Å². The first-order valence-corrected chi connectivity index (χ1v) is 12.2. The molecule has 0 saturated heterocycles. The van der Waals surface area contributed by atoms with Gasteiger partial charge in [0.25, 0.3) is 0 Å². The van der Waals surface area contributed by atoms with Gasteiger partial charge in [0.2, 0.25) is 5.43 Å². The van der Waals surface area contributed by atoms with Gasteiger partial charge in [-0.2, -0.15) is 0 Å². The van der Waals surface area contributed by atoms with E-state index < -0.39 is 16.8 Å². The van der Waals surface area contributed by atoms with Crippen LogP contribution in [0.2, 0.25) is 10.0 Å². The number of nitrogens with zero attached hydrogens (tertiary/aromatic N) is 1. The third-order valence-corrected chi connectivity index (χ3v) is 7.37. The zero-order chi connectivity index (χ0) is 24.9. The molecule has 0 atom stereocenters. The summed E-state index contributed by atoms with van der Waals surface area (Å²) in [6, 6.07) is 4.88. The van der Waals surface area contributed by atoms with Crippen LogP contribution in [0.4, 0.5) is 15.8 Å². The van der Waals surface area contributed by atoms with Crippen molar-refractivity contribution in [3.05, 3.63) is 56.0 Å². The van der Waals surface area contributed by atoms with Crippen molar-refractivity contribution < 1.29 is 18.7 Å². The van der Waals surface area contributed by atoms with E-state index in [-0.39, 0.29) is 47.0 Å². The Bertz CT molecular complexity index is 1420. The molecule has 184 valence electrons. The fraction of sp³-hybridized carbons (Fsp3) is 0.360. The highest BCUT2D eigenvalue weighted by molar-refractivity contribution is 6.35. The molecule has 0 bridgehead atoms. The number of carbonyl (C=O) groups excluding carboxylic acids is 1. The summed E-state index contributed by atoms with van der Waals surface area (Å²) in [4.78, 5) is 25.4. The maximum Gasteiger partial charge on any atom is 0.202 e. The second-order valence-electron chi connectivity index (χ2n) is 9.02. The largest absolute Gasteiger partial charge is 0.490 e. The van der Waals surface area contributed by atoms with Gasteiger partial charge in [-0.15, -0.1) is 0 Å². The van der Waals surface area contributed by atoms with Crippen LogP contribution in [0.5, 0.6) is 11.5 Å². The number of nitrogens with one attached hydrogen (secondary N) is 1. The van der Waals surface area contributed by atoms with Gasteiger partial charge in [0.1, 0.15) is 24.7 Å². The van der Waals surface area contributed by atoms with E-state index in [2.05, 4.69) is 5.32 Å². The number of ketones is 1. The van der Waals surface area contributed by atoms with Gasteiger partial charge in [-0.3, -0.25) is 9.59 Å². The predicted molar refractivity (Wildman–Crippen MR) is 135 cm³/mol. The first kappa shape index (κ1) is 23.8. The normalized spacial score (nSPS) is 15.9. The van der Waals surface area contributed by atoms with Crippen LogP contribution in [0.3, 0.4) is 0 Å². The van der Waals surface area contributed by atoms with Gasteiger partial charge < -0.3 is 25.1 Å². The van der Waals surface area contributed by atoms with E-state index in [0.717, 1.165) is 25.7 Å². The van der Waals surface area contributed by atoms with Gasteiger partial charge in [0, 0.05) is 17.8 Å². The lowest BCUT2D eigenvalue weighted by atomic mass is 9.93. The third kappa shape index (κ3) is 3.89. The number of ether oxygens (including phenoxy) is 2. The van der Waals surface area contributed by atoms with E-state index in [4.69, 9.17) is 38.4 Å². The van der Waals surface area contributed by atoms with E-state index in [9.17, 15) is 9.59 Å². The van der Waals surface area contributed by atoms with Crippen molar-refractivity contribution in [1.29, 1.82) is 0 Å². The Balaban J connectivity index is 1.55. The number of nitrogen functional groups attached to an aromatic ring is 1. The van der Waals surface area contributed by atoms with Crippen LogP contribution in [0.25, 0.3) is 10.9 Å². The summed E-state index contributed by atoms with van der Waals surface area (Å²) < 4.78 is 29.2. The number of fused-ring (bicyclic) bond motifs is 1. The fourth-order valence-electron chi connectivity index (χ4n) is 5.10. The summed E-state index contributed by atoms with van der Waals surface area (Å²) in [5.74, 6) is -0.533. The molecular formula is C25H24Cl2FN3O4. The molecule has 10 heteroatoms. The molecule has 1 fully saturated rings. The number of halogens is 3. The molecule has 1 aliphatic carbocycles. The molecule has 2 aromatic carbocycles. The quantitative estimate of drug-likeness (QED) is 0.257. The zero-order valence-corrected chi connectivity index (χ0v) is 20.6. The van der Waals surface area contributed by atoms with Crippen molar-refractivity contribution in [2.45, 2.75) is 38.1 Å². The number of hydrogen-bond acceptors (Lipinski definition) is 6. The Morgan fingerprint density at radius 1 is 1.31 bits per heavy atom. The molecule has 3 N–H and O–H groups in total. The summed E-state index contributed by atoms with van der Waals surface area (Å²) in [6.07, 6.45) is 5.24. The molecule has 1 aromatic heterocycles. The second kappa shape index (κ2) is 8.91. The molecule has 0 amide bonds. The van der Waals surface area contributed by atoms with Gasteiger partial charge in [0.05, 0.1) is 32.7 Å². The zero-order valence-electron chi connectivity index (χ0n) is 19.1. The lowest BCUT2D eigenvalue weighted by molar-refractivity contribution is 0.101. The van der Waals surface area contributed by atoms with Crippen molar-refractivity contribution in [1.82, 2.24) is 4.57 Å². The van der Waals surface area contributed by atoms with Crippen LogP contribution in [-0.2, 0) is 5.54 Å². The second-order valence-corrected chi connectivity index (χ2v) is 9.87. The molecule has 2 aliphatic rings. The van der Waals surface area contributed by atoms with E-state index in [0.29, 0.717) is 27.9 Å². The SMILES string of the molecule is CC(=O)c1cn2c3c(c(NCCOc4ccc(Cl)cc4Cl)c(F)c(N)c3c1=O)OCC21CCCC1. The number of nitrogens with two attached hydrogens (primary N) is 1. The van der Waals surface area contributed by atoms with E-state index >= 15 is 4.39 Å². The number of carbonyl (C=O) groups is 1. The molecular weight excluding hydrogens is 496 g/mol. The maximum atomic E-state index is 15.5. The number of anilines is 2. The number of hydrogen-bond donors (Lipinski definition) is 2. The molecule has 2 heterocycles. The summed E-state index contributed by atoms with van der Waals surface area (Å²) in [5.41, 5.74) is 5.32. The molecule has 0 radical (unpaired) electrons. The summed E-state index contributed by atoms with van der Waals surface area (Å²) in [7, 11) is 0. The predicted octanol–water partition coefficient (Wildman–Crippen LogP) is 5.38. The Morgan fingerprint density at radius 3 is 2.74 bits per heavy atom. The first-order valence-electron chi connectivity index (χ1n) is 11.4. The summed E-state index contributed by atoms with van der Waals surface area (Å²) in [6.45, 7) is 2.01. The van der Waals surface area contributed by atoms with Gasteiger partial charge in [-0.05, 0) is 38.0 Å². The van der Waals surface area contributed by atoms with Crippen LogP contribution in [0.15, 0.2) is 29.2 Å². The first-order chi connectivity index (χ1) is 16.7. The van der Waals surface area contributed by atoms with Gasteiger partial charge in [0.15, 0.2) is 17.3 Å². The molecule has 1 saturated carbocycles. The Morgan fingerprint density at radius 2 is 2.06 bits per heavy atom. The molecule has 1 aliphatic heterocycles. The molecule has 3 aromatic rings. The van der Waals surface area contributed by atoms with Crippen molar-refractivity contribution in [2.24, 2.45) is 0 Å². The summed E-state index contributed by atoms with van der Waals surface area (Å²) >= 11 is 12.0. The van der Waals surface area contributed by atoms with Crippen LogP contribution in [0, 0.1) is 5.82 Å². The highest BCUT2D eigenvalue weighted by atomic mass is 35.5. The number of aromatic nitrogens is 1. The standard InChI is InChI=1S/C25H24Cl2FN3O4/c1-13(32)15-11-31-22-18(23(15)33)20(29)19(28)21(24(22)35-12-25(31)6-2-3-7-25)30-8-9-34-17-5-4-14(26)10-16(17)27/h4-5,10-11,30H,2-3,6-9,12,29H2,1H3. The van der Waals surface area contributed by atoms with Crippen LogP contribution < -0.4 is 26.0 Å². The Kier molecular flexibility index (Phi) is 6.05. The number of pyridine rings is 1. The monoisotopic (exact) mass is 519 g/mol. The molecule has 0 unspecified atom stereocenters. The number of benzene rings is 2. The minimum atomic E-state index is -0.802. The highest BCUT2D eigenvalue weighted by Crippen LogP contribution is 2.48. The van der Waals surface area contributed by atoms with Crippen molar-refractivity contribution in [3.8, 4) is 11.5 Å². The average Bonchev–Trinajstić information content (AvgIpc) is 3.28. The molecule has 35 heavy (non-hydrogen) atoms. The van der Waals surface area contributed by atoms with Crippen LogP contribution in [0.1, 0.15) is 43.0 Å². The lowest BCUT2D eigenvalue weighted by Crippen LogP contribution is -2.42.